The molecular weight excluding hydrogens is 268 g/mol. The van der Waals surface area contributed by atoms with Crippen molar-refractivity contribution >= 4 is 11.9 Å². The molecule has 1 aliphatic carbocycles. The van der Waals surface area contributed by atoms with E-state index in [4.69, 9.17) is 9.47 Å². The second-order valence-corrected chi connectivity index (χ2v) is 6.23. The highest BCUT2D eigenvalue weighted by molar-refractivity contribution is 6.00. The molecule has 0 amide bonds. The summed E-state index contributed by atoms with van der Waals surface area (Å²) in [6, 6.07) is 0. The summed E-state index contributed by atoms with van der Waals surface area (Å²) in [4.78, 5) is 25.2. The molecule has 3 unspecified atom stereocenters. The van der Waals surface area contributed by atoms with Gasteiger partial charge in [0, 0.05) is 0 Å². The van der Waals surface area contributed by atoms with Crippen molar-refractivity contribution in [1.82, 2.24) is 0 Å². The highest BCUT2D eigenvalue weighted by Gasteiger charge is 2.54. The fraction of sp³-hybridized carbons (Fsp3) is 0.882. The summed E-state index contributed by atoms with van der Waals surface area (Å²) >= 11 is 0. The van der Waals surface area contributed by atoms with E-state index in [0.29, 0.717) is 31.5 Å². The predicted octanol–water partition coefficient (Wildman–Crippen LogP) is 3.58. The van der Waals surface area contributed by atoms with Gasteiger partial charge in [-0.3, -0.25) is 9.59 Å². The van der Waals surface area contributed by atoms with Gasteiger partial charge in [0.1, 0.15) is 0 Å². The second kappa shape index (κ2) is 7.81. The molecule has 0 N–H and O–H groups in total. The molecular formula is C17H30O4. The van der Waals surface area contributed by atoms with Gasteiger partial charge in [-0.2, -0.15) is 0 Å². The van der Waals surface area contributed by atoms with Gasteiger partial charge in [0.2, 0.25) is 0 Å². The van der Waals surface area contributed by atoms with Crippen LogP contribution < -0.4 is 0 Å². The molecule has 1 saturated carbocycles. The fourth-order valence-electron chi connectivity index (χ4n) is 3.51. The molecule has 3 atom stereocenters. The Bertz CT molecular complexity index is 346. The van der Waals surface area contributed by atoms with E-state index in [2.05, 4.69) is 13.8 Å². The molecule has 1 aliphatic rings. The van der Waals surface area contributed by atoms with E-state index in [0.717, 1.165) is 19.3 Å². The lowest BCUT2D eigenvalue weighted by Crippen LogP contribution is -2.49. The lowest BCUT2D eigenvalue weighted by molar-refractivity contribution is -0.179. The number of esters is 2. The van der Waals surface area contributed by atoms with E-state index in [9.17, 15) is 9.59 Å². The van der Waals surface area contributed by atoms with Crippen molar-refractivity contribution in [2.24, 2.45) is 23.2 Å². The lowest BCUT2D eigenvalue weighted by Gasteiger charge is -2.41. The highest BCUT2D eigenvalue weighted by atomic mass is 16.6. The Kier molecular flexibility index (Phi) is 6.69. The van der Waals surface area contributed by atoms with Crippen molar-refractivity contribution in [2.75, 3.05) is 13.2 Å². The van der Waals surface area contributed by atoms with Crippen LogP contribution in [-0.2, 0) is 19.1 Å². The third-order valence-electron chi connectivity index (χ3n) is 5.13. The third-order valence-corrected chi connectivity index (χ3v) is 5.13. The van der Waals surface area contributed by atoms with Gasteiger partial charge in [-0.1, -0.05) is 27.2 Å². The van der Waals surface area contributed by atoms with Crippen LogP contribution in [0.15, 0.2) is 0 Å². The molecule has 0 aromatic rings. The minimum Gasteiger partial charge on any atom is -0.465 e. The quantitative estimate of drug-likeness (QED) is 0.555. The van der Waals surface area contributed by atoms with E-state index >= 15 is 0 Å². The summed E-state index contributed by atoms with van der Waals surface area (Å²) in [7, 11) is 0. The predicted molar refractivity (Wildman–Crippen MR) is 81.7 cm³/mol. The standard InChI is InChI=1S/C17H30O4/c1-6-17(15(18)20-7-2,16(19)21-8-3)14-10-9-12(4)13(5)11-14/h12-14H,6-11H2,1-5H3. The maximum atomic E-state index is 12.6. The number of rotatable bonds is 6. The molecule has 0 bridgehead atoms. The minimum absolute atomic E-state index is 0.0202. The van der Waals surface area contributed by atoms with Crippen LogP contribution in [0.3, 0.4) is 0 Å². The van der Waals surface area contributed by atoms with Gasteiger partial charge in [0.25, 0.3) is 0 Å². The van der Waals surface area contributed by atoms with Gasteiger partial charge in [0.15, 0.2) is 5.41 Å². The van der Waals surface area contributed by atoms with E-state index in [-0.39, 0.29) is 5.92 Å². The molecule has 4 heteroatoms. The Morgan fingerprint density at radius 3 is 1.86 bits per heavy atom. The van der Waals surface area contributed by atoms with Crippen LogP contribution >= 0.6 is 0 Å². The summed E-state index contributed by atoms with van der Waals surface area (Å²) in [6.07, 6.45) is 3.26. The number of hydrogen-bond donors (Lipinski definition) is 0. The van der Waals surface area contributed by atoms with Crippen molar-refractivity contribution in [3.05, 3.63) is 0 Å². The molecule has 0 aromatic heterocycles. The molecule has 0 spiro atoms. The number of ether oxygens (including phenoxy) is 2. The largest absolute Gasteiger partial charge is 0.465 e. The second-order valence-electron chi connectivity index (χ2n) is 6.23. The first kappa shape index (κ1) is 18.0. The topological polar surface area (TPSA) is 52.6 Å². The summed E-state index contributed by atoms with van der Waals surface area (Å²) < 4.78 is 10.5. The maximum Gasteiger partial charge on any atom is 0.323 e. The fourth-order valence-corrected chi connectivity index (χ4v) is 3.51. The third kappa shape index (κ3) is 3.58. The smallest absolute Gasteiger partial charge is 0.323 e. The molecule has 0 aromatic carbocycles. The monoisotopic (exact) mass is 298 g/mol. The molecule has 0 aliphatic heterocycles. The summed E-state index contributed by atoms with van der Waals surface area (Å²) in [6.45, 7) is 10.5. The van der Waals surface area contributed by atoms with Crippen LogP contribution in [0, 0.1) is 23.2 Å². The van der Waals surface area contributed by atoms with Gasteiger partial charge >= 0.3 is 11.9 Å². The molecule has 0 radical (unpaired) electrons. The summed E-state index contributed by atoms with van der Waals surface area (Å²) in [5.41, 5.74) is -1.12. The van der Waals surface area contributed by atoms with Gasteiger partial charge in [-0.15, -0.1) is 0 Å². The van der Waals surface area contributed by atoms with Crippen molar-refractivity contribution in [3.63, 3.8) is 0 Å². The van der Waals surface area contributed by atoms with E-state index in [1.165, 1.54) is 0 Å². The molecule has 21 heavy (non-hydrogen) atoms. The summed E-state index contributed by atoms with van der Waals surface area (Å²) in [5, 5.41) is 0. The maximum absolute atomic E-state index is 12.6. The first-order chi connectivity index (χ1) is 9.93. The highest BCUT2D eigenvalue weighted by Crippen LogP contribution is 2.46. The SMILES string of the molecule is CCOC(=O)C(CC)(C(=O)OCC)C1CCC(C)C(C)C1. The van der Waals surface area contributed by atoms with Gasteiger partial charge in [-0.25, -0.2) is 0 Å². The van der Waals surface area contributed by atoms with Crippen LogP contribution in [0.4, 0.5) is 0 Å². The van der Waals surface area contributed by atoms with Crippen molar-refractivity contribution in [2.45, 2.75) is 60.3 Å². The van der Waals surface area contributed by atoms with Crippen LogP contribution in [0.1, 0.15) is 60.3 Å². The molecule has 4 nitrogen and oxygen atoms in total. The Morgan fingerprint density at radius 1 is 0.952 bits per heavy atom. The van der Waals surface area contributed by atoms with Crippen LogP contribution in [0.5, 0.6) is 0 Å². The van der Waals surface area contributed by atoms with Crippen LogP contribution in [0.25, 0.3) is 0 Å². The molecule has 0 saturated heterocycles. The minimum atomic E-state index is -1.12. The lowest BCUT2D eigenvalue weighted by atomic mass is 9.63. The first-order valence-electron chi connectivity index (χ1n) is 8.28. The van der Waals surface area contributed by atoms with E-state index < -0.39 is 17.4 Å². The van der Waals surface area contributed by atoms with Gasteiger partial charge < -0.3 is 9.47 Å². The van der Waals surface area contributed by atoms with Crippen molar-refractivity contribution < 1.29 is 19.1 Å². The van der Waals surface area contributed by atoms with Crippen LogP contribution in [0.2, 0.25) is 0 Å². The Labute approximate surface area is 128 Å². The Balaban J connectivity index is 3.10. The summed E-state index contributed by atoms with van der Waals surface area (Å²) in [5.74, 6) is 0.362. The molecule has 122 valence electrons. The Hall–Kier alpha value is -1.06. The van der Waals surface area contributed by atoms with Crippen LogP contribution in [-0.4, -0.2) is 25.2 Å². The zero-order chi connectivity index (χ0) is 16.0. The zero-order valence-corrected chi connectivity index (χ0v) is 14.1. The van der Waals surface area contributed by atoms with E-state index in [1.54, 1.807) is 13.8 Å². The van der Waals surface area contributed by atoms with Gasteiger partial charge in [0.05, 0.1) is 13.2 Å². The van der Waals surface area contributed by atoms with Crippen molar-refractivity contribution in [3.8, 4) is 0 Å². The average molecular weight is 298 g/mol. The molecule has 0 heterocycles. The zero-order valence-electron chi connectivity index (χ0n) is 14.1. The number of carbonyl (C=O) groups is 2. The number of hydrogen-bond acceptors (Lipinski definition) is 4. The average Bonchev–Trinajstić information content (AvgIpc) is 2.44. The first-order valence-corrected chi connectivity index (χ1v) is 8.28. The Morgan fingerprint density at radius 2 is 1.48 bits per heavy atom. The molecule has 1 fully saturated rings. The van der Waals surface area contributed by atoms with Crippen molar-refractivity contribution in [1.29, 1.82) is 0 Å². The van der Waals surface area contributed by atoms with E-state index in [1.807, 2.05) is 6.92 Å². The normalized spacial score (nSPS) is 26.2. The van der Waals surface area contributed by atoms with Gasteiger partial charge in [-0.05, 0) is 50.9 Å². The number of carbonyl (C=O) groups excluding carboxylic acids is 2. The molecule has 1 rings (SSSR count).